The quantitative estimate of drug-likeness (QED) is 0.516. The van der Waals surface area contributed by atoms with E-state index in [1.54, 1.807) is 48.7 Å². The number of rotatable bonds is 4. The molecule has 2 aromatic carbocycles. The molecule has 0 radical (unpaired) electrons. The number of carbonyl (C=O) groups is 1. The van der Waals surface area contributed by atoms with Crippen LogP contribution in [0.15, 0.2) is 67.0 Å². The predicted octanol–water partition coefficient (Wildman–Crippen LogP) is 3.55. The highest BCUT2D eigenvalue weighted by Crippen LogP contribution is 2.33. The van der Waals surface area contributed by atoms with Crippen molar-refractivity contribution in [1.82, 2.24) is 20.3 Å². The van der Waals surface area contributed by atoms with Gasteiger partial charge in [-0.15, -0.1) is 0 Å². The van der Waals surface area contributed by atoms with Crippen LogP contribution in [0, 0.1) is 5.82 Å². The van der Waals surface area contributed by atoms with Crippen molar-refractivity contribution < 1.29 is 14.3 Å². The summed E-state index contributed by atoms with van der Waals surface area (Å²) in [5.74, 6) is 0.450. The second kappa shape index (κ2) is 8.22. The lowest BCUT2D eigenvalue weighted by molar-refractivity contribution is 0.0940. The third-order valence-corrected chi connectivity index (χ3v) is 5.53. The predicted molar refractivity (Wildman–Crippen MR) is 119 cm³/mol. The molecule has 5 rings (SSSR count). The first kappa shape index (κ1) is 19.9. The first-order chi connectivity index (χ1) is 15.6. The normalized spacial score (nSPS) is 15.8. The average molecular weight is 429 g/mol. The summed E-state index contributed by atoms with van der Waals surface area (Å²) < 4.78 is 14.1. The molecule has 0 saturated carbocycles. The molecule has 0 bridgehead atoms. The van der Waals surface area contributed by atoms with Gasteiger partial charge in [0, 0.05) is 36.9 Å². The van der Waals surface area contributed by atoms with Crippen molar-refractivity contribution in [2.24, 2.45) is 0 Å². The average Bonchev–Trinajstić information content (AvgIpc) is 3.27. The zero-order valence-electron chi connectivity index (χ0n) is 17.1. The van der Waals surface area contributed by atoms with Crippen LogP contribution in [0.1, 0.15) is 16.8 Å². The van der Waals surface area contributed by atoms with E-state index in [1.165, 1.54) is 18.3 Å². The molecular formula is C24H20FN5O2. The number of fused-ring (bicyclic) bond motifs is 1. The van der Waals surface area contributed by atoms with Gasteiger partial charge in [0.05, 0.1) is 16.6 Å². The van der Waals surface area contributed by atoms with E-state index < -0.39 is 0 Å². The van der Waals surface area contributed by atoms with Crippen molar-refractivity contribution >= 4 is 22.6 Å². The zero-order valence-corrected chi connectivity index (χ0v) is 17.1. The minimum Gasteiger partial charge on any atom is -0.507 e. The lowest BCUT2D eigenvalue weighted by Crippen LogP contribution is -2.37. The molecule has 0 unspecified atom stereocenters. The summed E-state index contributed by atoms with van der Waals surface area (Å²) in [6.45, 7) is 1.16. The van der Waals surface area contributed by atoms with Gasteiger partial charge in [0.25, 0.3) is 5.91 Å². The fraction of sp³-hybridized carbons (Fsp3) is 0.167. The Kier molecular flexibility index (Phi) is 5.10. The molecule has 1 aliphatic rings. The number of aromatic hydroxyl groups is 1. The lowest BCUT2D eigenvalue weighted by atomic mass is 10.1. The molecule has 1 fully saturated rings. The summed E-state index contributed by atoms with van der Waals surface area (Å²) in [4.78, 5) is 27.7. The Labute approximate surface area is 183 Å². The van der Waals surface area contributed by atoms with Gasteiger partial charge in [-0.3, -0.25) is 9.78 Å². The van der Waals surface area contributed by atoms with Crippen LogP contribution < -0.4 is 10.2 Å². The van der Waals surface area contributed by atoms with Crippen molar-refractivity contribution in [3.8, 4) is 17.1 Å². The summed E-state index contributed by atoms with van der Waals surface area (Å²) in [5, 5.41) is 13.9. The van der Waals surface area contributed by atoms with Crippen LogP contribution in [-0.2, 0) is 0 Å². The van der Waals surface area contributed by atoms with Gasteiger partial charge in [0.2, 0.25) is 0 Å². The molecule has 32 heavy (non-hydrogen) atoms. The molecule has 3 heterocycles. The number of anilines is 1. The van der Waals surface area contributed by atoms with E-state index in [9.17, 15) is 14.3 Å². The number of benzene rings is 2. The lowest BCUT2D eigenvalue weighted by Gasteiger charge is -2.21. The monoisotopic (exact) mass is 429 g/mol. The molecule has 4 aromatic rings. The number of phenols is 1. The third kappa shape index (κ3) is 3.82. The van der Waals surface area contributed by atoms with Crippen LogP contribution in [0.25, 0.3) is 22.3 Å². The Morgan fingerprint density at radius 3 is 2.81 bits per heavy atom. The molecule has 1 aliphatic heterocycles. The highest BCUT2D eigenvalue weighted by atomic mass is 19.1. The number of carbonyl (C=O) groups excluding carboxylic acids is 1. The van der Waals surface area contributed by atoms with E-state index in [4.69, 9.17) is 4.98 Å². The third-order valence-electron chi connectivity index (χ3n) is 5.53. The highest BCUT2D eigenvalue weighted by molar-refractivity contribution is 5.94. The van der Waals surface area contributed by atoms with Crippen LogP contribution in [0.3, 0.4) is 0 Å². The van der Waals surface area contributed by atoms with Crippen LogP contribution in [0.5, 0.6) is 5.75 Å². The topological polar surface area (TPSA) is 91.2 Å². The molecule has 1 saturated heterocycles. The number of nitrogens with zero attached hydrogens (tertiary/aromatic N) is 4. The highest BCUT2D eigenvalue weighted by Gasteiger charge is 2.27. The van der Waals surface area contributed by atoms with Crippen LogP contribution >= 0.6 is 0 Å². The fourth-order valence-corrected chi connectivity index (χ4v) is 3.94. The Morgan fingerprint density at radius 1 is 1.12 bits per heavy atom. The van der Waals surface area contributed by atoms with Crippen molar-refractivity contribution in [2.75, 3.05) is 18.0 Å². The summed E-state index contributed by atoms with van der Waals surface area (Å²) in [5.41, 5.74) is 1.58. The number of nitrogens with one attached hydrogen (secondary N) is 1. The van der Waals surface area contributed by atoms with Crippen molar-refractivity contribution in [2.45, 2.75) is 12.5 Å². The van der Waals surface area contributed by atoms with E-state index in [1.807, 2.05) is 4.90 Å². The fourth-order valence-electron chi connectivity index (χ4n) is 3.94. The number of hydrogen-bond acceptors (Lipinski definition) is 6. The van der Waals surface area contributed by atoms with E-state index >= 15 is 0 Å². The Balaban J connectivity index is 1.47. The van der Waals surface area contributed by atoms with Gasteiger partial charge in [-0.25, -0.2) is 14.4 Å². The summed E-state index contributed by atoms with van der Waals surface area (Å²) >= 11 is 0. The molecule has 2 N–H and O–H groups in total. The molecule has 0 spiro atoms. The van der Waals surface area contributed by atoms with Gasteiger partial charge in [-0.2, -0.15) is 0 Å². The van der Waals surface area contributed by atoms with Crippen LogP contribution in [0.4, 0.5) is 10.2 Å². The number of hydrogen-bond donors (Lipinski definition) is 2. The molecule has 160 valence electrons. The maximum Gasteiger partial charge on any atom is 0.253 e. The largest absolute Gasteiger partial charge is 0.507 e. The van der Waals surface area contributed by atoms with Crippen molar-refractivity contribution in [1.29, 1.82) is 0 Å². The molecule has 7 nitrogen and oxygen atoms in total. The van der Waals surface area contributed by atoms with Gasteiger partial charge < -0.3 is 15.3 Å². The first-order valence-corrected chi connectivity index (χ1v) is 10.3. The molecule has 2 aromatic heterocycles. The van der Waals surface area contributed by atoms with Crippen molar-refractivity contribution in [3.05, 3.63) is 78.4 Å². The molecule has 0 aliphatic carbocycles. The SMILES string of the molecule is O=C(N[C@@H]1CCN(c2nc(-c3ccccc3O)nc3ccc(F)cc23)C1)c1cccnc1. The molecular weight excluding hydrogens is 409 g/mol. The summed E-state index contributed by atoms with van der Waals surface area (Å²) in [6, 6.07) is 14.6. The van der Waals surface area contributed by atoms with Crippen LogP contribution in [0.2, 0.25) is 0 Å². The molecule has 1 amide bonds. The molecule has 8 heteroatoms. The second-order valence-corrected chi connectivity index (χ2v) is 7.70. The summed E-state index contributed by atoms with van der Waals surface area (Å²) in [6.07, 6.45) is 3.87. The smallest absolute Gasteiger partial charge is 0.253 e. The summed E-state index contributed by atoms with van der Waals surface area (Å²) in [7, 11) is 0. The Morgan fingerprint density at radius 2 is 2.00 bits per heavy atom. The molecule has 1 atom stereocenters. The number of para-hydroxylation sites is 1. The zero-order chi connectivity index (χ0) is 22.1. The number of aromatic nitrogens is 3. The number of phenolic OH excluding ortho intramolecular Hbond substituents is 1. The Hall–Kier alpha value is -4.07. The van der Waals surface area contributed by atoms with Gasteiger partial charge in [0.15, 0.2) is 5.82 Å². The van der Waals surface area contributed by atoms with Gasteiger partial charge in [-0.1, -0.05) is 12.1 Å². The maximum atomic E-state index is 14.1. The second-order valence-electron chi connectivity index (χ2n) is 7.70. The van der Waals surface area contributed by atoms with E-state index in [-0.39, 0.29) is 23.5 Å². The maximum absolute atomic E-state index is 14.1. The minimum absolute atomic E-state index is 0.0722. The van der Waals surface area contributed by atoms with E-state index in [0.717, 1.165) is 6.42 Å². The number of pyridine rings is 1. The number of amides is 1. The van der Waals surface area contributed by atoms with Crippen molar-refractivity contribution in [3.63, 3.8) is 0 Å². The Bertz CT molecular complexity index is 1300. The van der Waals surface area contributed by atoms with E-state index in [0.29, 0.717) is 46.8 Å². The van der Waals surface area contributed by atoms with E-state index in [2.05, 4.69) is 15.3 Å². The van der Waals surface area contributed by atoms with Gasteiger partial charge in [0.1, 0.15) is 17.4 Å². The minimum atomic E-state index is -0.377. The number of halogens is 1. The van der Waals surface area contributed by atoms with Gasteiger partial charge >= 0.3 is 0 Å². The van der Waals surface area contributed by atoms with Gasteiger partial charge in [-0.05, 0) is 48.9 Å². The first-order valence-electron chi connectivity index (χ1n) is 10.3. The standard InChI is InChI=1S/C24H20FN5O2/c25-16-7-8-20-19(12-16)23(29-22(28-20)18-5-1-2-6-21(18)31)30-11-9-17(14-30)27-24(32)15-4-3-10-26-13-15/h1-8,10,12-13,17,31H,9,11,14H2,(H,27,32)/t17-/m1/s1. The van der Waals surface area contributed by atoms with Crippen LogP contribution in [-0.4, -0.2) is 45.1 Å².